The van der Waals surface area contributed by atoms with Gasteiger partial charge in [-0.2, -0.15) is 0 Å². The van der Waals surface area contributed by atoms with Gasteiger partial charge in [0.25, 0.3) is 5.56 Å². The molecule has 0 saturated heterocycles. The fraction of sp³-hybridized carbons (Fsp3) is 0.259. The topological polar surface area (TPSA) is 78.2 Å². The molecule has 4 aromatic rings. The summed E-state index contributed by atoms with van der Waals surface area (Å²) in [5.74, 6) is 0.410. The van der Waals surface area contributed by atoms with Crippen LogP contribution in [0.1, 0.15) is 38.2 Å². The van der Waals surface area contributed by atoms with E-state index in [2.05, 4.69) is 0 Å². The molecule has 1 fully saturated rings. The minimum atomic E-state index is -0.282. The van der Waals surface area contributed by atoms with Crippen LogP contribution in [0.5, 0.6) is 0 Å². The molecule has 0 radical (unpaired) electrons. The van der Waals surface area contributed by atoms with Crippen LogP contribution < -0.4 is 16.7 Å². The third-order valence-corrected chi connectivity index (χ3v) is 6.52. The van der Waals surface area contributed by atoms with Gasteiger partial charge in [0.15, 0.2) is 0 Å². The number of hydrogen-bond donors (Lipinski definition) is 1. The Kier molecular flexibility index (Phi) is 5.06. The van der Waals surface area contributed by atoms with E-state index in [-0.39, 0.29) is 22.1 Å². The lowest BCUT2D eigenvalue weighted by Gasteiger charge is -2.38. The highest BCUT2D eigenvalue weighted by atomic mass is 16.3. The van der Waals surface area contributed by atoms with E-state index in [4.69, 9.17) is 10.2 Å². The Bertz CT molecular complexity index is 1400. The first-order valence-electron chi connectivity index (χ1n) is 11.2. The molecule has 0 aliphatic heterocycles. The molecule has 32 heavy (non-hydrogen) atoms. The van der Waals surface area contributed by atoms with Gasteiger partial charge in [-0.1, -0.05) is 61.5 Å². The van der Waals surface area contributed by atoms with E-state index in [0.29, 0.717) is 23.3 Å². The number of pyridine rings is 1. The van der Waals surface area contributed by atoms with Gasteiger partial charge in [-0.3, -0.25) is 9.59 Å². The van der Waals surface area contributed by atoms with Gasteiger partial charge < -0.3 is 14.7 Å². The lowest BCUT2D eigenvalue weighted by atomic mass is 9.72. The number of nitrogens with zero attached hydrogens (tertiary/aromatic N) is 1. The average molecular weight is 427 g/mol. The third kappa shape index (κ3) is 3.30. The average Bonchev–Trinajstić information content (AvgIpc) is 2.80. The Balaban J connectivity index is 1.76. The third-order valence-electron chi connectivity index (χ3n) is 6.52. The number of rotatable bonds is 5. The summed E-state index contributed by atoms with van der Waals surface area (Å²) >= 11 is 0. The van der Waals surface area contributed by atoms with Crippen molar-refractivity contribution >= 4 is 11.0 Å². The van der Waals surface area contributed by atoms with Gasteiger partial charge in [-0.05, 0) is 42.9 Å². The van der Waals surface area contributed by atoms with Crippen molar-refractivity contribution in [3.8, 4) is 22.5 Å². The standard InChI is InChI=1S/C27H26N2O3/c1-2-16-29-17-13-21-23(30)22(18-9-11-20(12-10-18)27(28)14-6-15-27)24(32-25(21)26(29)31)19-7-4-3-5-8-19/h3-5,7-13,17H,2,6,14-16,28H2,1H3. The second-order valence-corrected chi connectivity index (χ2v) is 8.65. The van der Waals surface area contributed by atoms with Crippen molar-refractivity contribution in [1.82, 2.24) is 4.57 Å². The maximum Gasteiger partial charge on any atom is 0.294 e. The Morgan fingerprint density at radius 3 is 2.31 bits per heavy atom. The fourth-order valence-corrected chi connectivity index (χ4v) is 4.51. The number of hydrogen-bond acceptors (Lipinski definition) is 4. The molecule has 5 rings (SSSR count). The number of nitrogens with two attached hydrogens (primary N) is 1. The van der Waals surface area contributed by atoms with Crippen molar-refractivity contribution in [2.24, 2.45) is 5.73 Å². The van der Waals surface area contributed by atoms with Crippen LogP contribution in [0.15, 0.2) is 80.9 Å². The minimum Gasteiger partial charge on any atom is -0.449 e. The van der Waals surface area contributed by atoms with Gasteiger partial charge in [-0.15, -0.1) is 0 Å². The van der Waals surface area contributed by atoms with Crippen LogP contribution >= 0.6 is 0 Å². The maximum absolute atomic E-state index is 13.7. The fourth-order valence-electron chi connectivity index (χ4n) is 4.51. The molecular formula is C27H26N2O3. The summed E-state index contributed by atoms with van der Waals surface area (Å²) in [5, 5.41) is 0.301. The van der Waals surface area contributed by atoms with Crippen molar-refractivity contribution in [2.45, 2.75) is 44.7 Å². The van der Waals surface area contributed by atoms with Gasteiger partial charge in [0.2, 0.25) is 11.0 Å². The first-order chi connectivity index (χ1) is 15.5. The predicted octanol–water partition coefficient (Wildman–Crippen LogP) is 5.04. The minimum absolute atomic E-state index is 0.0977. The zero-order chi connectivity index (χ0) is 22.3. The molecule has 1 aliphatic rings. The molecule has 0 spiro atoms. The molecular weight excluding hydrogens is 400 g/mol. The van der Waals surface area contributed by atoms with Crippen LogP contribution in [0.4, 0.5) is 0 Å². The molecule has 0 amide bonds. The zero-order valence-corrected chi connectivity index (χ0v) is 18.1. The second-order valence-electron chi connectivity index (χ2n) is 8.65. The highest BCUT2D eigenvalue weighted by Gasteiger charge is 2.34. The summed E-state index contributed by atoms with van der Waals surface area (Å²) in [6.07, 6.45) is 5.58. The molecule has 2 N–H and O–H groups in total. The van der Waals surface area contributed by atoms with E-state index >= 15 is 0 Å². The Hall–Kier alpha value is -3.44. The summed E-state index contributed by atoms with van der Waals surface area (Å²) in [6.45, 7) is 2.58. The predicted molar refractivity (Wildman–Crippen MR) is 128 cm³/mol. The van der Waals surface area contributed by atoms with Crippen molar-refractivity contribution in [2.75, 3.05) is 0 Å². The van der Waals surface area contributed by atoms with Crippen molar-refractivity contribution < 1.29 is 4.42 Å². The summed E-state index contributed by atoms with van der Waals surface area (Å²) in [4.78, 5) is 26.7. The molecule has 1 aliphatic carbocycles. The van der Waals surface area contributed by atoms with Gasteiger partial charge in [0, 0.05) is 23.8 Å². The molecule has 5 heteroatoms. The molecule has 0 atom stereocenters. The van der Waals surface area contributed by atoms with Crippen LogP contribution in [0.25, 0.3) is 33.4 Å². The van der Waals surface area contributed by atoms with Crippen molar-refractivity contribution in [3.63, 3.8) is 0 Å². The SMILES string of the molecule is CCCn1ccc2c(=O)c(-c3ccc(C4(N)CCC4)cc3)c(-c3ccccc3)oc2c1=O. The Morgan fingerprint density at radius 2 is 1.69 bits per heavy atom. The highest BCUT2D eigenvalue weighted by Crippen LogP contribution is 2.39. The molecule has 2 aromatic carbocycles. The Morgan fingerprint density at radius 1 is 0.969 bits per heavy atom. The zero-order valence-electron chi connectivity index (χ0n) is 18.1. The molecule has 1 saturated carbocycles. The van der Waals surface area contributed by atoms with Gasteiger partial charge in [0.05, 0.1) is 10.9 Å². The van der Waals surface area contributed by atoms with E-state index in [9.17, 15) is 9.59 Å². The number of benzene rings is 2. The van der Waals surface area contributed by atoms with Gasteiger partial charge in [-0.25, -0.2) is 0 Å². The monoisotopic (exact) mass is 426 g/mol. The smallest absolute Gasteiger partial charge is 0.294 e. The number of aryl methyl sites for hydroxylation is 1. The van der Waals surface area contributed by atoms with E-state index in [1.54, 1.807) is 16.8 Å². The van der Waals surface area contributed by atoms with E-state index in [1.807, 2.05) is 61.5 Å². The lowest BCUT2D eigenvalue weighted by molar-refractivity contribution is 0.253. The van der Waals surface area contributed by atoms with Crippen LogP contribution in [0, 0.1) is 0 Å². The van der Waals surface area contributed by atoms with Crippen LogP contribution in [0.2, 0.25) is 0 Å². The first kappa shape index (κ1) is 20.5. The molecule has 0 bridgehead atoms. The number of aromatic nitrogens is 1. The molecule has 2 aromatic heterocycles. The van der Waals surface area contributed by atoms with Gasteiger partial charge >= 0.3 is 0 Å². The maximum atomic E-state index is 13.7. The van der Waals surface area contributed by atoms with E-state index in [0.717, 1.165) is 42.4 Å². The number of fused-ring (bicyclic) bond motifs is 1. The molecule has 162 valence electrons. The summed E-state index contributed by atoms with van der Waals surface area (Å²) < 4.78 is 7.79. The Labute approximate surface area is 186 Å². The second kappa shape index (κ2) is 7.92. The molecule has 0 unspecified atom stereocenters. The quantitative estimate of drug-likeness (QED) is 0.485. The lowest BCUT2D eigenvalue weighted by Crippen LogP contribution is -2.43. The van der Waals surface area contributed by atoms with Crippen molar-refractivity contribution in [1.29, 1.82) is 0 Å². The summed E-state index contributed by atoms with van der Waals surface area (Å²) in [7, 11) is 0. The summed E-state index contributed by atoms with van der Waals surface area (Å²) in [6, 6.07) is 19.0. The van der Waals surface area contributed by atoms with Crippen molar-refractivity contribution in [3.05, 3.63) is 93.0 Å². The van der Waals surface area contributed by atoms with Gasteiger partial charge in [0.1, 0.15) is 5.76 Å². The molecule has 5 nitrogen and oxygen atoms in total. The van der Waals surface area contributed by atoms with Crippen LogP contribution in [-0.2, 0) is 12.1 Å². The first-order valence-corrected chi connectivity index (χ1v) is 11.2. The largest absolute Gasteiger partial charge is 0.449 e. The van der Waals surface area contributed by atoms with E-state index < -0.39 is 0 Å². The highest BCUT2D eigenvalue weighted by molar-refractivity contribution is 5.88. The summed E-state index contributed by atoms with van der Waals surface area (Å²) in [5.41, 5.74) is 8.88. The van der Waals surface area contributed by atoms with E-state index in [1.165, 1.54) is 0 Å². The normalized spacial score (nSPS) is 14.9. The van der Waals surface area contributed by atoms with Crippen LogP contribution in [0.3, 0.4) is 0 Å². The van der Waals surface area contributed by atoms with Crippen LogP contribution in [-0.4, -0.2) is 4.57 Å². The molecule has 2 heterocycles.